The summed E-state index contributed by atoms with van der Waals surface area (Å²) in [5.74, 6) is 0.964. The quantitative estimate of drug-likeness (QED) is 0.245. The molecule has 3 aromatic carbocycles. The monoisotopic (exact) mass is 566 g/mol. The standard InChI is InChI=1S/C15H16N2.C13H14O3.C7H8.C2H6.H2/c1-11-9-13(6-8-17(11)2)12-3-4-15-14(10-12)5-7-16-15;1-9(14)2-4-12(15)10-3-5-13-11(8-10)6-7-16-13;1-7-5-3-2-4-6-7;1-2;/h3-7,9-10,16H,8H2,1-2H3;3,5,8H,2,4,6-7H2,1H3;2-6H,1H3;1-2H3;1H. The average molecular weight is 567 g/mol. The lowest BCUT2D eigenvalue weighted by molar-refractivity contribution is -0.116. The fourth-order valence-electron chi connectivity index (χ4n) is 4.54. The number of ether oxygens (including phenoxy) is 1. The predicted octanol–water partition coefficient (Wildman–Crippen LogP) is 8.84. The summed E-state index contributed by atoms with van der Waals surface area (Å²) >= 11 is 0. The molecule has 42 heavy (non-hydrogen) atoms. The maximum absolute atomic E-state index is 11.8. The first kappa shape index (κ1) is 32.1. The van der Waals surface area contributed by atoms with Crippen LogP contribution in [0.5, 0.6) is 5.75 Å². The normalized spacial score (nSPS) is 13.0. The van der Waals surface area contributed by atoms with Crippen LogP contribution in [0.25, 0.3) is 16.5 Å². The van der Waals surface area contributed by atoms with Gasteiger partial charge in [0.15, 0.2) is 5.78 Å². The van der Waals surface area contributed by atoms with Crippen molar-refractivity contribution in [1.82, 2.24) is 9.88 Å². The Morgan fingerprint density at radius 3 is 2.38 bits per heavy atom. The molecule has 4 aromatic rings. The van der Waals surface area contributed by atoms with Crippen LogP contribution in [0.4, 0.5) is 0 Å². The predicted molar refractivity (Wildman–Crippen MR) is 177 cm³/mol. The number of carbonyl (C=O) groups is 2. The van der Waals surface area contributed by atoms with Gasteiger partial charge in [-0.25, -0.2) is 0 Å². The number of aromatic amines is 1. The zero-order valence-electron chi connectivity index (χ0n) is 25.9. The topological polar surface area (TPSA) is 62.4 Å². The Morgan fingerprint density at radius 1 is 0.952 bits per heavy atom. The maximum Gasteiger partial charge on any atom is 0.163 e. The van der Waals surface area contributed by atoms with E-state index in [0.717, 1.165) is 24.3 Å². The summed E-state index contributed by atoms with van der Waals surface area (Å²) < 4.78 is 5.37. The van der Waals surface area contributed by atoms with Crippen molar-refractivity contribution in [3.63, 3.8) is 0 Å². The molecule has 1 aromatic heterocycles. The fraction of sp³-hybridized carbons (Fsp3) is 0.297. The van der Waals surface area contributed by atoms with Gasteiger partial charge in [0, 0.05) is 57.3 Å². The van der Waals surface area contributed by atoms with Gasteiger partial charge in [0.1, 0.15) is 11.5 Å². The summed E-state index contributed by atoms with van der Waals surface area (Å²) in [5.41, 5.74) is 8.23. The summed E-state index contributed by atoms with van der Waals surface area (Å²) in [7, 11) is 2.12. The van der Waals surface area contributed by atoms with Crippen LogP contribution in [0, 0.1) is 6.92 Å². The SMILES string of the molecule is CC.CC(=O)CCC(=O)c1ccc2c(c1)CCO2.CC1=CC(c2ccc3[nH]ccc3c2)=CCN1C.Cc1ccccc1.[HH]. The highest BCUT2D eigenvalue weighted by atomic mass is 16.5. The van der Waals surface area contributed by atoms with Crippen LogP contribution in [-0.2, 0) is 11.2 Å². The number of aryl methyl sites for hydroxylation is 1. The molecule has 6 rings (SSSR count). The van der Waals surface area contributed by atoms with Gasteiger partial charge in [0.05, 0.1) is 6.61 Å². The van der Waals surface area contributed by atoms with Crippen LogP contribution < -0.4 is 4.74 Å². The number of carbonyl (C=O) groups excluding carboxylic acids is 2. The number of nitrogens with zero attached hydrogens (tertiary/aromatic N) is 1. The van der Waals surface area contributed by atoms with Crippen LogP contribution in [-0.4, -0.2) is 41.6 Å². The molecule has 0 unspecified atom stereocenters. The molecular formula is C37H46N2O3. The van der Waals surface area contributed by atoms with E-state index in [1.807, 2.05) is 50.4 Å². The Bertz CT molecular complexity index is 1540. The number of H-pyrrole nitrogens is 1. The van der Waals surface area contributed by atoms with Crippen molar-refractivity contribution < 1.29 is 15.8 Å². The summed E-state index contributed by atoms with van der Waals surface area (Å²) in [4.78, 5) is 28.0. The molecule has 222 valence electrons. The van der Waals surface area contributed by atoms with E-state index in [2.05, 4.69) is 79.3 Å². The third kappa shape index (κ3) is 9.34. The lowest BCUT2D eigenvalue weighted by Crippen LogP contribution is -2.18. The van der Waals surface area contributed by atoms with E-state index < -0.39 is 0 Å². The van der Waals surface area contributed by atoms with E-state index in [1.54, 1.807) is 6.07 Å². The highest BCUT2D eigenvalue weighted by Crippen LogP contribution is 2.27. The number of hydrogen-bond acceptors (Lipinski definition) is 4. The lowest BCUT2D eigenvalue weighted by Gasteiger charge is -2.23. The van der Waals surface area contributed by atoms with Gasteiger partial charge < -0.3 is 19.4 Å². The highest BCUT2D eigenvalue weighted by Gasteiger charge is 2.15. The molecule has 3 heterocycles. The van der Waals surface area contributed by atoms with Gasteiger partial charge in [0.2, 0.25) is 0 Å². The Balaban J connectivity index is 0.000000232. The molecule has 0 bridgehead atoms. The molecule has 5 nitrogen and oxygen atoms in total. The molecule has 0 amide bonds. The molecule has 0 aliphatic carbocycles. The number of hydrogen-bond donors (Lipinski definition) is 1. The number of fused-ring (bicyclic) bond motifs is 2. The summed E-state index contributed by atoms with van der Waals surface area (Å²) in [6.45, 7) is 11.4. The Hall–Kier alpha value is -4.38. The van der Waals surface area contributed by atoms with Gasteiger partial charge in [-0.2, -0.15) is 0 Å². The van der Waals surface area contributed by atoms with Crippen LogP contribution >= 0.6 is 0 Å². The van der Waals surface area contributed by atoms with Crippen molar-refractivity contribution in [3.05, 3.63) is 119 Å². The van der Waals surface area contributed by atoms with E-state index in [9.17, 15) is 9.59 Å². The number of likely N-dealkylation sites (N-methyl/N-ethyl adjacent to an activating group) is 1. The first-order valence-electron chi connectivity index (χ1n) is 14.8. The smallest absolute Gasteiger partial charge is 0.163 e. The highest BCUT2D eigenvalue weighted by molar-refractivity contribution is 5.98. The van der Waals surface area contributed by atoms with E-state index in [4.69, 9.17) is 4.74 Å². The number of aromatic nitrogens is 1. The number of ketones is 2. The van der Waals surface area contributed by atoms with E-state index in [-0.39, 0.29) is 13.0 Å². The molecule has 0 radical (unpaired) electrons. The van der Waals surface area contributed by atoms with Crippen molar-refractivity contribution in [1.29, 1.82) is 0 Å². The third-order valence-corrected chi connectivity index (χ3v) is 7.09. The number of nitrogens with one attached hydrogen (secondary N) is 1. The molecule has 2 aliphatic heterocycles. The van der Waals surface area contributed by atoms with Crippen molar-refractivity contribution in [2.45, 2.75) is 53.9 Å². The summed E-state index contributed by atoms with van der Waals surface area (Å²) in [6.07, 6.45) is 8.00. The molecule has 0 spiro atoms. The Labute approximate surface area is 252 Å². The van der Waals surface area contributed by atoms with E-state index in [0.29, 0.717) is 25.0 Å². The largest absolute Gasteiger partial charge is 0.493 e. The van der Waals surface area contributed by atoms with Gasteiger partial charge in [-0.05, 0) is 85.3 Å². The minimum absolute atomic E-state index is 0. The maximum atomic E-state index is 11.8. The third-order valence-electron chi connectivity index (χ3n) is 7.09. The van der Waals surface area contributed by atoms with E-state index in [1.165, 1.54) is 40.2 Å². The second kappa shape index (κ2) is 16.2. The average Bonchev–Trinajstić information content (AvgIpc) is 3.68. The van der Waals surface area contributed by atoms with Gasteiger partial charge in [-0.15, -0.1) is 0 Å². The molecule has 0 atom stereocenters. The summed E-state index contributed by atoms with van der Waals surface area (Å²) in [6, 6.07) is 24.4. The molecule has 2 aliphatic rings. The van der Waals surface area contributed by atoms with Gasteiger partial charge >= 0.3 is 0 Å². The van der Waals surface area contributed by atoms with Crippen LogP contribution in [0.2, 0.25) is 0 Å². The number of Topliss-reactive ketones (excluding diaryl/α,β-unsaturated/α-hetero) is 2. The Kier molecular flexibility index (Phi) is 12.4. The second-order valence-electron chi connectivity index (χ2n) is 10.3. The molecule has 1 N–H and O–H groups in total. The molecule has 0 saturated carbocycles. The number of allylic oxidation sites excluding steroid dienone is 3. The minimum Gasteiger partial charge on any atom is -0.493 e. The molecular weight excluding hydrogens is 520 g/mol. The van der Waals surface area contributed by atoms with E-state index >= 15 is 0 Å². The van der Waals surface area contributed by atoms with Crippen molar-refractivity contribution >= 4 is 28.0 Å². The van der Waals surface area contributed by atoms with Crippen molar-refractivity contribution in [2.24, 2.45) is 0 Å². The van der Waals surface area contributed by atoms with Gasteiger partial charge in [-0.3, -0.25) is 4.79 Å². The van der Waals surface area contributed by atoms with Crippen molar-refractivity contribution in [2.75, 3.05) is 20.2 Å². The molecule has 0 saturated heterocycles. The van der Waals surface area contributed by atoms with Gasteiger partial charge in [0.25, 0.3) is 0 Å². The Morgan fingerprint density at radius 2 is 1.71 bits per heavy atom. The van der Waals surface area contributed by atoms with Gasteiger partial charge in [-0.1, -0.05) is 61.9 Å². The second-order valence-corrected chi connectivity index (χ2v) is 10.3. The summed E-state index contributed by atoms with van der Waals surface area (Å²) in [5, 5.41) is 1.27. The lowest BCUT2D eigenvalue weighted by atomic mass is 10.0. The fourth-order valence-corrected chi connectivity index (χ4v) is 4.54. The molecule has 0 fully saturated rings. The van der Waals surface area contributed by atoms with Crippen LogP contribution in [0.15, 0.2) is 96.8 Å². The zero-order valence-corrected chi connectivity index (χ0v) is 25.9. The first-order valence-corrected chi connectivity index (χ1v) is 14.8. The van der Waals surface area contributed by atoms with Crippen LogP contribution in [0.3, 0.4) is 0 Å². The van der Waals surface area contributed by atoms with Crippen LogP contribution in [0.1, 0.15) is 69.0 Å². The minimum atomic E-state index is 0. The number of benzene rings is 3. The number of rotatable bonds is 5. The molecule has 5 heteroatoms. The zero-order chi connectivity index (χ0) is 30.5. The first-order chi connectivity index (χ1) is 20.3. The van der Waals surface area contributed by atoms with Crippen molar-refractivity contribution in [3.8, 4) is 5.75 Å².